The fraction of sp³-hybridized carbons (Fsp3) is 0.333. The minimum Gasteiger partial charge on any atom is -0.370 e. The normalized spacial score (nSPS) is 10.2. The van der Waals surface area contributed by atoms with Gasteiger partial charge in [0.15, 0.2) is 0 Å². The van der Waals surface area contributed by atoms with Crippen molar-refractivity contribution in [2.75, 3.05) is 23.8 Å². The van der Waals surface area contributed by atoms with Gasteiger partial charge in [-0.2, -0.15) is 0 Å². The summed E-state index contributed by atoms with van der Waals surface area (Å²) in [5.41, 5.74) is 1.23. The molecule has 2 rings (SSSR count). The van der Waals surface area contributed by atoms with Crippen LogP contribution in [0.15, 0.2) is 30.9 Å². The maximum atomic E-state index is 4.27. The van der Waals surface area contributed by atoms with Crippen LogP contribution >= 0.6 is 0 Å². The third-order valence-corrected chi connectivity index (χ3v) is 2.48. The van der Waals surface area contributed by atoms with Crippen LogP contribution in [0.1, 0.15) is 12.5 Å². The Bertz CT molecular complexity index is 452. The molecule has 2 aromatic heterocycles. The minimum absolute atomic E-state index is 0.825. The van der Waals surface area contributed by atoms with Crippen LogP contribution in [0.25, 0.3) is 0 Å². The second-order valence-corrected chi connectivity index (χ2v) is 3.87. The quantitative estimate of drug-likeness (QED) is 0.825. The van der Waals surface area contributed by atoms with E-state index >= 15 is 0 Å². The van der Waals surface area contributed by atoms with Crippen LogP contribution in [0.4, 0.5) is 11.6 Å². The Kier molecular flexibility index (Phi) is 3.59. The lowest BCUT2D eigenvalue weighted by Crippen LogP contribution is -2.17. The standard InChI is InChI=1S/C12H17N5/c1-3-14-11-6-12(16-9-15-11)17(2)8-10-4-5-13-7-10/h4-7,9,13H,3,8H2,1-2H3,(H,14,15,16). The molecule has 0 unspecified atom stereocenters. The molecule has 90 valence electrons. The van der Waals surface area contributed by atoms with Gasteiger partial charge < -0.3 is 15.2 Å². The number of rotatable bonds is 5. The highest BCUT2D eigenvalue weighted by molar-refractivity contribution is 5.48. The number of hydrogen-bond donors (Lipinski definition) is 2. The van der Waals surface area contributed by atoms with Crippen molar-refractivity contribution < 1.29 is 0 Å². The molecule has 2 heterocycles. The molecule has 5 heteroatoms. The Labute approximate surface area is 101 Å². The SMILES string of the molecule is CCNc1cc(N(C)Cc2cc[nH]c2)ncn1. The van der Waals surface area contributed by atoms with Crippen molar-refractivity contribution in [2.24, 2.45) is 0 Å². The summed E-state index contributed by atoms with van der Waals surface area (Å²) < 4.78 is 0. The maximum absolute atomic E-state index is 4.27. The fourth-order valence-corrected chi connectivity index (χ4v) is 1.65. The van der Waals surface area contributed by atoms with Crippen molar-refractivity contribution in [3.8, 4) is 0 Å². The number of aromatic amines is 1. The number of anilines is 2. The molecule has 0 spiro atoms. The number of nitrogens with zero attached hydrogens (tertiary/aromatic N) is 3. The van der Waals surface area contributed by atoms with E-state index in [2.05, 4.69) is 31.2 Å². The van der Waals surface area contributed by atoms with Gasteiger partial charge in [0.25, 0.3) is 0 Å². The minimum atomic E-state index is 0.825. The molecule has 5 nitrogen and oxygen atoms in total. The van der Waals surface area contributed by atoms with E-state index < -0.39 is 0 Å². The molecule has 0 radical (unpaired) electrons. The molecule has 2 N–H and O–H groups in total. The van der Waals surface area contributed by atoms with Gasteiger partial charge in [-0.15, -0.1) is 0 Å². The van der Waals surface area contributed by atoms with E-state index in [1.165, 1.54) is 5.56 Å². The lowest BCUT2D eigenvalue weighted by molar-refractivity contribution is 0.892. The van der Waals surface area contributed by atoms with Gasteiger partial charge >= 0.3 is 0 Å². The molecule has 0 bridgehead atoms. The van der Waals surface area contributed by atoms with E-state index in [1.807, 2.05) is 32.4 Å². The third-order valence-electron chi connectivity index (χ3n) is 2.48. The first-order chi connectivity index (χ1) is 8.29. The first kappa shape index (κ1) is 11.4. The highest BCUT2D eigenvalue weighted by Gasteiger charge is 2.05. The Balaban J connectivity index is 2.07. The molecule has 0 aliphatic carbocycles. The highest BCUT2D eigenvalue weighted by atomic mass is 15.2. The van der Waals surface area contributed by atoms with Crippen LogP contribution in [-0.2, 0) is 6.54 Å². The van der Waals surface area contributed by atoms with Crippen LogP contribution in [0.5, 0.6) is 0 Å². The van der Waals surface area contributed by atoms with E-state index in [1.54, 1.807) is 6.33 Å². The summed E-state index contributed by atoms with van der Waals surface area (Å²) in [6, 6.07) is 4.01. The van der Waals surface area contributed by atoms with Crippen LogP contribution < -0.4 is 10.2 Å². The molecule has 0 aliphatic heterocycles. The van der Waals surface area contributed by atoms with E-state index in [9.17, 15) is 0 Å². The van der Waals surface area contributed by atoms with Crippen molar-refractivity contribution in [1.82, 2.24) is 15.0 Å². The summed E-state index contributed by atoms with van der Waals surface area (Å²) in [4.78, 5) is 13.6. The second kappa shape index (κ2) is 5.34. The number of hydrogen-bond acceptors (Lipinski definition) is 4. The zero-order valence-corrected chi connectivity index (χ0v) is 10.1. The molecule has 0 atom stereocenters. The first-order valence-corrected chi connectivity index (χ1v) is 5.68. The van der Waals surface area contributed by atoms with E-state index in [0.717, 1.165) is 24.7 Å². The van der Waals surface area contributed by atoms with Gasteiger partial charge in [-0.1, -0.05) is 0 Å². The van der Waals surface area contributed by atoms with Crippen LogP contribution in [-0.4, -0.2) is 28.5 Å². The average molecular weight is 231 g/mol. The molecule has 0 saturated carbocycles. The topological polar surface area (TPSA) is 56.8 Å². The molecule has 2 aromatic rings. The predicted octanol–water partition coefficient (Wildman–Crippen LogP) is 1.87. The van der Waals surface area contributed by atoms with E-state index in [4.69, 9.17) is 0 Å². The van der Waals surface area contributed by atoms with Crippen molar-refractivity contribution in [3.63, 3.8) is 0 Å². The average Bonchev–Trinajstić information content (AvgIpc) is 2.83. The van der Waals surface area contributed by atoms with Gasteiger partial charge in [0.05, 0.1) is 0 Å². The van der Waals surface area contributed by atoms with Crippen LogP contribution in [0, 0.1) is 0 Å². The molecule has 0 aromatic carbocycles. The smallest absolute Gasteiger partial charge is 0.134 e. The summed E-state index contributed by atoms with van der Waals surface area (Å²) >= 11 is 0. The zero-order chi connectivity index (χ0) is 12.1. The summed E-state index contributed by atoms with van der Waals surface area (Å²) in [6.45, 7) is 3.73. The van der Waals surface area contributed by atoms with Gasteiger partial charge in [-0.25, -0.2) is 9.97 Å². The lowest BCUT2D eigenvalue weighted by Gasteiger charge is -2.17. The van der Waals surface area contributed by atoms with Gasteiger partial charge in [0.1, 0.15) is 18.0 Å². The lowest BCUT2D eigenvalue weighted by atomic mass is 10.3. The summed E-state index contributed by atoms with van der Waals surface area (Å²) in [5, 5.41) is 3.18. The van der Waals surface area contributed by atoms with Gasteiger partial charge in [-0.3, -0.25) is 0 Å². The molecule has 17 heavy (non-hydrogen) atoms. The summed E-state index contributed by atoms with van der Waals surface area (Å²) in [6.07, 6.45) is 5.50. The van der Waals surface area contributed by atoms with Gasteiger partial charge in [0, 0.05) is 38.6 Å². The van der Waals surface area contributed by atoms with Crippen molar-refractivity contribution >= 4 is 11.6 Å². The van der Waals surface area contributed by atoms with Crippen LogP contribution in [0.3, 0.4) is 0 Å². The molecule has 0 fully saturated rings. The molecular formula is C12H17N5. The number of H-pyrrole nitrogens is 1. The van der Waals surface area contributed by atoms with Crippen molar-refractivity contribution in [2.45, 2.75) is 13.5 Å². The number of aromatic nitrogens is 3. The first-order valence-electron chi connectivity index (χ1n) is 5.68. The largest absolute Gasteiger partial charge is 0.370 e. The third kappa shape index (κ3) is 2.96. The maximum Gasteiger partial charge on any atom is 0.134 e. The second-order valence-electron chi connectivity index (χ2n) is 3.87. The number of nitrogens with one attached hydrogen (secondary N) is 2. The van der Waals surface area contributed by atoms with Crippen LogP contribution in [0.2, 0.25) is 0 Å². The monoisotopic (exact) mass is 231 g/mol. The Hall–Kier alpha value is -2.04. The fourth-order valence-electron chi connectivity index (χ4n) is 1.65. The van der Waals surface area contributed by atoms with Crippen molar-refractivity contribution in [1.29, 1.82) is 0 Å². The molecular weight excluding hydrogens is 214 g/mol. The molecule has 0 amide bonds. The van der Waals surface area contributed by atoms with E-state index in [0.29, 0.717) is 0 Å². The predicted molar refractivity (Wildman–Crippen MR) is 69.1 cm³/mol. The zero-order valence-electron chi connectivity index (χ0n) is 10.1. The van der Waals surface area contributed by atoms with E-state index in [-0.39, 0.29) is 0 Å². The van der Waals surface area contributed by atoms with Gasteiger partial charge in [-0.05, 0) is 18.6 Å². The Morgan fingerprint density at radius 3 is 3.00 bits per heavy atom. The summed E-state index contributed by atoms with van der Waals surface area (Å²) in [7, 11) is 2.02. The Morgan fingerprint density at radius 1 is 1.41 bits per heavy atom. The van der Waals surface area contributed by atoms with Crippen molar-refractivity contribution in [3.05, 3.63) is 36.4 Å². The van der Waals surface area contributed by atoms with Gasteiger partial charge in [0.2, 0.25) is 0 Å². The molecule has 0 saturated heterocycles. The molecule has 0 aliphatic rings. The Morgan fingerprint density at radius 2 is 2.29 bits per heavy atom. The highest BCUT2D eigenvalue weighted by Crippen LogP contribution is 2.14. The summed E-state index contributed by atoms with van der Waals surface area (Å²) in [5.74, 6) is 1.77.